The van der Waals surface area contributed by atoms with Crippen LogP contribution in [0.15, 0.2) is 18.2 Å². The van der Waals surface area contributed by atoms with Crippen LogP contribution in [-0.4, -0.2) is 53.9 Å². The molecule has 0 bridgehead atoms. The highest BCUT2D eigenvalue weighted by Crippen LogP contribution is 2.39. The lowest BCUT2D eigenvalue weighted by Gasteiger charge is -2.40. The van der Waals surface area contributed by atoms with Crippen molar-refractivity contribution in [1.29, 1.82) is 0 Å². The molecule has 132 valence electrons. The van der Waals surface area contributed by atoms with Crippen molar-refractivity contribution in [2.24, 2.45) is 5.41 Å². The van der Waals surface area contributed by atoms with Crippen LogP contribution in [0.3, 0.4) is 0 Å². The number of piperidine rings is 1. The Kier molecular flexibility index (Phi) is 5.45. The second-order valence-electron chi connectivity index (χ2n) is 7.03. The maximum absolute atomic E-state index is 13.9. The molecule has 2 saturated heterocycles. The molecular weight excluding hydrogens is 330 g/mol. The summed E-state index contributed by atoms with van der Waals surface area (Å²) in [6.07, 6.45) is 5.11. The molecule has 3 nitrogen and oxygen atoms in total. The van der Waals surface area contributed by atoms with Gasteiger partial charge in [-0.3, -0.25) is 9.69 Å². The predicted molar refractivity (Wildman–Crippen MR) is 92.9 cm³/mol. The van der Waals surface area contributed by atoms with Gasteiger partial charge in [-0.1, -0.05) is 12.1 Å². The Hall–Kier alpha value is -1.14. The van der Waals surface area contributed by atoms with Gasteiger partial charge in [-0.05, 0) is 38.1 Å². The highest BCUT2D eigenvalue weighted by molar-refractivity contribution is 7.99. The van der Waals surface area contributed by atoms with Gasteiger partial charge >= 0.3 is 0 Å². The first-order valence-electron chi connectivity index (χ1n) is 8.45. The van der Waals surface area contributed by atoms with Crippen molar-refractivity contribution in [3.8, 4) is 0 Å². The average Bonchev–Trinajstić information content (AvgIpc) is 2.96. The minimum Gasteiger partial charge on any atom is -0.341 e. The standard InChI is InChI=1S/C18H24F2N2OS/c1-24-11-16(23)22-9-7-18(13-22)6-3-8-21(12-18)10-14-4-2-5-15(19)17(14)20/h2,4-5H,3,6-13H2,1H3/t18-/m0/s1. The molecule has 1 atom stereocenters. The summed E-state index contributed by atoms with van der Waals surface area (Å²) in [5.41, 5.74) is 0.538. The highest BCUT2D eigenvalue weighted by Gasteiger charge is 2.42. The third kappa shape index (κ3) is 3.75. The van der Waals surface area contributed by atoms with Crippen LogP contribution >= 0.6 is 11.8 Å². The monoisotopic (exact) mass is 354 g/mol. The van der Waals surface area contributed by atoms with E-state index < -0.39 is 11.6 Å². The molecule has 0 radical (unpaired) electrons. The Bertz CT molecular complexity index is 613. The minimum atomic E-state index is -0.783. The molecule has 6 heteroatoms. The fourth-order valence-corrected chi connectivity index (χ4v) is 4.48. The van der Waals surface area contributed by atoms with Crippen molar-refractivity contribution in [2.75, 3.05) is 38.2 Å². The number of hydrogen-bond donors (Lipinski definition) is 0. The Morgan fingerprint density at radius 2 is 2.08 bits per heavy atom. The average molecular weight is 354 g/mol. The molecular formula is C18H24F2N2OS. The number of rotatable bonds is 4. The molecule has 0 aliphatic carbocycles. The lowest BCUT2D eigenvalue weighted by Crippen LogP contribution is -2.45. The number of carbonyl (C=O) groups excluding carboxylic acids is 1. The molecule has 0 N–H and O–H groups in total. The van der Waals surface area contributed by atoms with Crippen LogP contribution in [-0.2, 0) is 11.3 Å². The summed E-state index contributed by atoms with van der Waals surface area (Å²) >= 11 is 1.56. The van der Waals surface area contributed by atoms with Crippen LogP contribution in [0.25, 0.3) is 0 Å². The SMILES string of the molecule is CSCC(=O)N1CC[C@]2(CCCN(Cc3cccc(F)c3F)C2)C1. The van der Waals surface area contributed by atoms with E-state index in [2.05, 4.69) is 4.90 Å². The summed E-state index contributed by atoms with van der Waals surface area (Å²) < 4.78 is 27.3. The molecule has 2 aliphatic heterocycles. The number of thioether (sulfide) groups is 1. The van der Waals surface area contributed by atoms with Crippen LogP contribution in [0.2, 0.25) is 0 Å². The van der Waals surface area contributed by atoms with Crippen molar-refractivity contribution in [3.05, 3.63) is 35.4 Å². The van der Waals surface area contributed by atoms with Crippen LogP contribution in [0.5, 0.6) is 0 Å². The Morgan fingerprint density at radius 1 is 1.25 bits per heavy atom. The summed E-state index contributed by atoms with van der Waals surface area (Å²) in [6, 6.07) is 4.37. The minimum absolute atomic E-state index is 0.121. The Morgan fingerprint density at radius 3 is 2.88 bits per heavy atom. The largest absolute Gasteiger partial charge is 0.341 e. The van der Waals surface area contributed by atoms with Gasteiger partial charge in [0.05, 0.1) is 5.75 Å². The van der Waals surface area contributed by atoms with Crippen molar-refractivity contribution in [1.82, 2.24) is 9.80 Å². The molecule has 0 saturated carbocycles. The maximum Gasteiger partial charge on any atom is 0.232 e. The van der Waals surface area contributed by atoms with Gasteiger partial charge in [0.2, 0.25) is 5.91 Å². The number of benzene rings is 1. The zero-order valence-electron chi connectivity index (χ0n) is 14.1. The second kappa shape index (κ2) is 7.40. The summed E-state index contributed by atoms with van der Waals surface area (Å²) in [6.45, 7) is 3.81. The van der Waals surface area contributed by atoms with Gasteiger partial charge in [-0.25, -0.2) is 8.78 Å². The molecule has 1 aromatic rings. The van der Waals surface area contributed by atoms with E-state index in [1.54, 1.807) is 23.9 Å². The van der Waals surface area contributed by atoms with E-state index in [-0.39, 0.29) is 11.3 Å². The van der Waals surface area contributed by atoms with E-state index in [9.17, 15) is 13.6 Å². The van der Waals surface area contributed by atoms with E-state index >= 15 is 0 Å². The van der Waals surface area contributed by atoms with Crippen molar-refractivity contribution < 1.29 is 13.6 Å². The number of likely N-dealkylation sites (tertiary alicyclic amines) is 2. The van der Waals surface area contributed by atoms with E-state index in [1.807, 2.05) is 11.2 Å². The smallest absolute Gasteiger partial charge is 0.232 e. The maximum atomic E-state index is 13.9. The van der Waals surface area contributed by atoms with E-state index in [1.165, 1.54) is 0 Å². The third-order valence-corrected chi connectivity index (χ3v) is 5.76. The number of halogens is 2. The summed E-state index contributed by atoms with van der Waals surface area (Å²) in [5, 5.41) is 0. The van der Waals surface area contributed by atoms with E-state index in [4.69, 9.17) is 0 Å². The lowest BCUT2D eigenvalue weighted by atomic mass is 9.79. The fourth-order valence-electron chi connectivity index (χ4n) is 4.05. The van der Waals surface area contributed by atoms with Gasteiger partial charge in [0.15, 0.2) is 11.6 Å². The van der Waals surface area contributed by atoms with Gasteiger partial charge in [0, 0.05) is 37.2 Å². The van der Waals surface area contributed by atoms with E-state index in [0.717, 1.165) is 51.5 Å². The molecule has 1 aromatic carbocycles. The fraction of sp³-hybridized carbons (Fsp3) is 0.611. The molecule has 0 aromatic heterocycles. The van der Waals surface area contributed by atoms with Crippen molar-refractivity contribution in [2.45, 2.75) is 25.8 Å². The first-order valence-corrected chi connectivity index (χ1v) is 9.84. The van der Waals surface area contributed by atoms with Crippen molar-refractivity contribution in [3.63, 3.8) is 0 Å². The Labute approximate surface area is 146 Å². The normalized spacial score (nSPS) is 24.7. The summed E-state index contributed by atoms with van der Waals surface area (Å²) in [4.78, 5) is 16.3. The number of hydrogen-bond acceptors (Lipinski definition) is 3. The molecule has 2 fully saturated rings. The van der Waals surface area contributed by atoms with Gasteiger partial charge in [0.1, 0.15) is 0 Å². The first kappa shape index (κ1) is 17.7. The molecule has 0 unspecified atom stereocenters. The predicted octanol–water partition coefficient (Wildman–Crippen LogP) is 3.14. The molecule has 1 spiro atoms. The quantitative estimate of drug-likeness (QED) is 0.830. The second-order valence-corrected chi connectivity index (χ2v) is 7.89. The van der Waals surface area contributed by atoms with Crippen molar-refractivity contribution >= 4 is 17.7 Å². The summed E-state index contributed by atoms with van der Waals surface area (Å²) in [7, 11) is 0. The van der Waals surface area contributed by atoms with Gasteiger partial charge in [0.25, 0.3) is 0 Å². The topological polar surface area (TPSA) is 23.6 Å². The van der Waals surface area contributed by atoms with Gasteiger partial charge < -0.3 is 4.90 Å². The molecule has 3 rings (SSSR count). The molecule has 2 aliphatic rings. The highest BCUT2D eigenvalue weighted by atomic mass is 32.2. The number of carbonyl (C=O) groups is 1. The lowest BCUT2D eigenvalue weighted by molar-refractivity contribution is -0.127. The molecule has 2 heterocycles. The first-order chi connectivity index (χ1) is 11.5. The van der Waals surface area contributed by atoms with Crippen LogP contribution < -0.4 is 0 Å². The zero-order valence-corrected chi connectivity index (χ0v) is 14.9. The van der Waals surface area contributed by atoms with Crippen LogP contribution in [0.4, 0.5) is 8.78 Å². The van der Waals surface area contributed by atoms with Gasteiger partial charge in [-0.2, -0.15) is 11.8 Å². The van der Waals surface area contributed by atoms with Crippen LogP contribution in [0.1, 0.15) is 24.8 Å². The van der Waals surface area contributed by atoms with E-state index in [0.29, 0.717) is 17.9 Å². The molecule has 24 heavy (non-hydrogen) atoms. The molecule has 1 amide bonds. The summed E-state index contributed by atoms with van der Waals surface area (Å²) in [5.74, 6) is -0.768. The number of nitrogens with zero attached hydrogens (tertiary/aromatic N) is 2. The third-order valence-electron chi connectivity index (χ3n) is 5.22. The number of amides is 1. The van der Waals surface area contributed by atoms with Crippen LogP contribution in [0, 0.1) is 17.0 Å². The Balaban J connectivity index is 1.64. The zero-order chi connectivity index (χ0) is 17.2. The van der Waals surface area contributed by atoms with Gasteiger partial charge in [-0.15, -0.1) is 0 Å².